The highest BCUT2D eigenvalue weighted by Gasteiger charge is 2.27. The van der Waals surface area contributed by atoms with E-state index >= 15 is 0 Å². The van der Waals surface area contributed by atoms with Gasteiger partial charge in [0.25, 0.3) is 0 Å². The van der Waals surface area contributed by atoms with Crippen LogP contribution < -0.4 is 0 Å². The normalized spacial score (nSPS) is 13.7. The van der Waals surface area contributed by atoms with Crippen LogP contribution in [0.3, 0.4) is 0 Å². The van der Waals surface area contributed by atoms with Gasteiger partial charge in [-0.15, -0.1) is 0 Å². The average Bonchev–Trinajstić information content (AvgIpc) is 3.69. The van der Waals surface area contributed by atoms with E-state index in [1.807, 2.05) is 21.1 Å². The van der Waals surface area contributed by atoms with Crippen molar-refractivity contribution in [3.63, 3.8) is 0 Å². The number of phosphoric ester groups is 1. The molecule has 2 atom stereocenters. The Balaban J connectivity index is 4.01. The van der Waals surface area contributed by atoms with Gasteiger partial charge in [0.05, 0.1) is 27.7 Å². The van der Waals surface area contributed by atoms with Crippen molar-refractivity contribution in [3.8, 4) is 0 Å². The predicted octanol–water partition coefficient (Wildman–Crippen LogP) is 25.2. The van der Waals surface area contributed by atoms with Gasteiger partial charge in [-0.1, -0.05) is 354 Å². The monoisotopic (exact) mass is 1290 g/mol. The van der Waals surface area contributed by atoms with Crippen LogP contribution >= 0.6 is 7.82 Å². The van der Waals surface area contributed by atoms with Gasteiger partial charge in [0.2, 0.25) is 0 Å². The maximum atomic E-state index is 12.9. The van der Waals surface area contributed by atoms with E-state index in [4.69, 9.17) is 18.5 Å². The van der Waals surface area contributed by atoms with Gasteiger partial charge < -0.3 is 18.9 Å². The van der Waals surface area contributed by atoms with Crippen LogP contribution in [0.15, 0.2) is 109 Å². The summed E-state index contributed by atoms with van der Waals surface area (Å²) in [6, 6.07) is 0. The Kier molecular flexibility index (Phi) is 68.4. The molecule has 1 N–H and O–H groups in total. The molecular weight excluding hydrogens is 1150 g/mol. The number of phosphoric acid groups is 1. The Morgan fingerprint density at radius 2 is 0.626 bits per heavy atom. The van der Waals surface area contributed by atoms with Gasteiger partial charge in [-0.05, 0) is 83.5 Å². The first-order valence-electron chi connectivity index (χ1n) is 38.1. The first-order chi connectivity index (χ1) is 44.5. The quantitative estimate of drug-likeness (QED) is 0.0211. The first-order valence-corrected chi connectivity index (χ1v) is 39.6. The number of allylic oxidation sites excluding steroid dienone is 18. The Labute approximate surface area is 563 Å². The molecule has 10 heteroatoms. The number of unbranched alkanes of at least 4 members (excludes halogenated alkanes) is 38. The number of carbonyl (C=O) groups is 2. The molecule has 0 heterocycles. The highest BCUT2D eigenvalue weighted by atomic mass is 31.2. The van der Waals surface area contributed by atoms with Crippen LogP contribution in [-0.4, -0.2) is 74.9 Å². The summed E-state index contributed by atoms with van der Waals surface area (Å²) in [7, 11) is 1.48. The van der Waals surface area contributed by atoms with E-state index in [1.54, 1.807) is 0 Å². The summed E-state index contributed by atoms with van der Waals surface area (Å²) in [6.07, 6.45) is 101. The van der Waals surface area contributed by atoms with E-state index in [-0.39, 0.29) is 25.6 Å². The van der Waals surface area contributed by atoms with Crippen molar-refractivity contribution >= 4 is 19.8 Å². The third-order valence-corrected chi connectivity index (χ3v) is 17.6. The van der Waals surface area contributed by atoms with Gasteiger partial charge in [-0.3, -0.25) is 18.6 Å². The molecule has 9 nitrogen and oxygen atoms in total. The lowest BCUT2D eigenvalue weighted by atomic mass is 10.0. The molecule has 0 radical (unpaired) electrons. The largest absolute Gasteiger partial charge is 0.472 e. The van der Waals surface area contributed by atoms with Crippen LogP contribution in [0.2, 0.25) is 0 Å². The average molecular weight is 1290 g/mol. The van der Waals surface area contributed by atoms with Crippen molar-refractivity contribution in [3.05, 3.63) is 109 Å². The zero-order chi connectivity index (χ0) is 66.2. The molecule has 0 saturated carbocycles. The van der Waals surface area contributed by atoms with Crippen LogP contribution in [-0.2, 0) is 32.7 Å². The van der Waals surface area contributed by atoms with Crippen LogP contribution in [0, 0.1) is 0 Å². The van der Waals surface area contributed by atoms with Gasteiger partial charge in [0.15, 0.2) is 6.10 Å². The van der Waals surface area contributed by atoms with Crippen molar-refractivity contribution < 1.29 is 42.1 Å². The van der Waals surface area contributed by atoms with Gasteiger partial charge >= 0.3 is 19.8 Å². The molecule has 0 saturated heterocycles. The second-order valence-electron chi connectivity index (χ2n) is 26.7. The Hall–Kier alpha value is -3.33. The lowest BCUT2D eigenvalue weighted by Gasteiger charge is -2.24. The number of ether oxygens (including phenoxy) is 2. The number of hydrogen-bond donors (Lipinski definition) is 1. The van der Waals surface area contributed by atoms with Crippen LogP contribution in [0.4, 0.5) is 0 Å². The van der Waals surface area contributed by atoms with Crippen LogP contribution in [0.25, 0.3) is 0 Å². The number of quaternary nitrogens is 1. The molecule has 0 aliphatic carbocycles. The Morgan fingerprint density at radius 1 is 0.352 bits per heavy atom. The van der Waals surface area contributed by atoms with E-state index in [0.717, 1.165) is 96.3 Å². The van der Waals surface area contributed by atoms with Gasteiger partial charge in [0.1, 0.15) is 19.8 Å². The molecule has 0 aliphatic heterocycles. The molecule has 0 fully saturated rings. The molecular formula is C81H145NO8P+. The summed E-state index contributed by atoms with van der Waals surface area (Å²) in [6.45, 7) is 4.37. The predicted molar refractivity (Wildman–Crippen MR) is 395 cm³/mol. The highest BCUT2D eigenvalue weighted by molar-refractivity contribution is 7.47. The number of carbonyl (C=O) groups excluding carboxylic acids is 2. The second-order valence-corrected chi connectivity index (χ2v) is 28.1. The van der Waals surface area contributed by atoms with E-state index in [9.17, 15) is 19.0 Å². The fraction of sp³-hybridized carbons (Fsp3) is 0.753. The number of likely N-dealkylation sites (N-methyl/N-ethyl adjacent to an activating group) is 1. The SMILES string of the molecule is CC/C=C\C/C=C\C/C=C\C/C=C\C/C=C\C/C=C\C/C=C\C/C=C\C/C=C\CCCCCCCCCCCCCCCC(=O)OC(COC(=O)CCCCCCCCCCCCCCCCCCCCCCCCCCCC)COP(=O)(O)OCC[N+](C)(C)C. The maximum Gasteiger partial charge on any atom is 0.472 e. The molecule has 0 aromatic rings. The molecule has 0 amide bonds. The molecule has 0 aromatic carbocycles. The zero-order valence-electron chi connectivity index (χ0n) is 60.1. The van der Waals surface area contributed by atoms with E-state index in [2.05, 4.69) is 123 Å². The van der Waals surface area contributed by atoms with Gasteiger partial charge in [-0.25, -0.2) is 4.57 Å². The van der Waals surface area contributed by atoms with Gasteiger partial charge in [0, 0.05) is 12.8 Å². The third kappa shape index (κ3) is 75.6. The van der Waals surface area contributed by atoms with Crippen molar-refractivity contribution in [2.45, 2.75) is 347 Å². The fourth-order valence-corrected chi connectivity index (χ4v) is 11.5. The summed E-state index contributed by atoms with van der Waals surface area (Å²) in [5.74, 6) is -0.786. The molecule has 91 heavy (non-hydrogen) atoms. The Bertz CT molecular complexity index is 1910. The lowest BCUT2D eigenvalue weighted by Crippen LogP contribution is -2.37. The second kappa shape index (κ2) is 71.0. The summed E-state index contributed by atoms with van der Waals surface area (Å²) in [5, 5.41) is 0. The smallest absolute Gasteiger partial charge is 0.462 e. The van der Waals surface area contributed by atoms with E-state index in [0.29, 0.717) is 23.9 Å². The molecule has 0 rings (SSSR count). The molecule has 0 bridgehead atoms. The number of hydrogen-bond acceptors (Lipinski definition) is 7. The number of nitrogens with zero attached hydrogens (tertiary/aromatic N) is 1. The number of esters is 2. The summed E-state index contributed by atoms with van der Waals surface area (Å²) < 4.78 is 34.8. The lowest BCUT2D eigenvalue weighted by molar-refractivity contribution is -0.870. The topological polar surface area (TPSA) is 108 Å². The van der Waals surface area contributed by atoms with Gasteiger partial charge in [-0.2, -0.15) is 0 Å². The van der Waals surface area contributed by atoms with Crippen molar-refractivity contribution in [2.24, 2.45) is 0 Å². The molecule has 2 unspecified atom stereocenters. The van der Waals surface area contributed by atoms with E-state index in [1.165, 1.54) is 212 Å². The Morgan fingerprint density at radius 3 is 0.934 bits per heavy atom. The van der Waals surface area contributed by atoms with Crippen molar-refractivity contribution in [1.29, 1.82) is 0 Å². The minimum Gasteiger partial charge on any atom is -0.462 e. The fourth-order valence-electron chi connectivity index (χ4n) is 10.8. The highest BCUT2D eigenvalue weighted by Crippen LogP contribution is 2.43. The van der Waals surface area contributed by atoms with Crippen molar-refractivity contribution in [2.75, 3.05) is 47.5 Å². The van der Waals surface area contributed by atoms with Crippen LogP contribution in [0.1, 0.15) is 341 Å². The summed E-state index contributed by atoms with van der Waals surface area (Å²) >= 11 is 0. The summed E-state index contributed by atoms with van der Waals surface area (Å²) in [5.41, 5.74) is 0. The molecule has 0 aromatic heterocycles. The van der Waals surface area contributed by atoms with Crippen LogP contribution in [0.5, 0.6) is 0 Å². The molecule has 0 spiro atoms. The van der Waals surface area contributed by atoms with Crippen molar-refractivity contribution in [1.82, 2.24) is 0 Å². The summed E-state index contributed by atoms with van der Waals surface area (Å²) in [4.78, 5) is 35.9. The number of rotatable bonds is 70. The molecule has 526 valence electrons. The maximum absolute atomic E-state index is 12.9. The minimum absolute atomic E-state index is 0.0300. The van der Waals surface area contributed by atoms with E-state index < -0.39 is 26.5 Å². The first kappa shape index (κ1) is 87.7. The zero-order valence-corrected chi connectivity index (χ0v) is 61.0. The third-order valence-electron chi connectivity index (χ3n) is 16.6. The minimum atomic E-state index is -4.40. The standard InChI is InChI=1S/C81H144NO8P/c1-6-8-10-12-14-16-18-20-22-24-26-28-30-32-34-35-36-37-38-39-40-41-42-43-44-45-46-47-48-50-52-54-56-58-60-62-64-66-68-70-72-74-81(84)90-79(78-89-91(85,86)88-76-75-82(3,4)5)77-87-80(83)73-71-69-67-65-63-61-59-57-55-53-51-49-33-31-29-27-25-23-21-19-17-15-13-11-9-7-2/h8,10,14,16,20,22,26,28,32,34,36-37,39-40,42-43,45-46,79H,6-7,9,11-13,15,17-19,21,23-25,27,29-31,33,35,38,41,44,47-78H2,1-5H3/p+1/b10-8-,16-14-,22-20-,28-26-,34-32-,37-36-,40-39-,43-42-,46-45-. The molecule has 0 aliphatic rings.